The van der Waals surface area contributed by atoms with E-state index in [-0.39, 0.29) is 18.3 Å². The van der Waals surface area contributed by atoms with E-state index < -0.39 is 0 Å². The Morgan fingerprint density at radius 1 is 1.18 bits per heavy atom. The van der Waals surface area contributed by atoms with E-state index in [9.17, 15) is 0 Å². The zero-order valence-corrected chi connectivity index (χ0v) is 11.0. The van der Waals surface area contributed by atoms with Crippen LogP contribution in [0.15, 0.2) is 24.3 Å². The highest BCUT2D eigenvalue weighted by atomic mass is 16.7. The van der Waals surface area contributed by atoms with E-state index in [0.29, 0.717) is 5.69 Å². The fourth-order valence-corrected chi connectivity index (χ4v) is 2.16. The van der Waals surface area contributed by atoms with Gasteiger partial charge in [-0.3, -0.25) is 0 Å². The second-order valence-electron chi connectivity index (χ2n) is 5.29. The standard InChI is InChI=1S/C13H20BNO2/c1-5-13(4)12(2,3)16-14(17-13)10-8-6-7-9-11(10)15/h6-9H,5,15H2,1-4H3. The molecule has 1 unspecified atom stereocenters. The van der Waals surface area contributed by atoms with Crippen LogP contribution in [0.4, 0.5) is 5.69 Å². The number of hydrogen-bond acceptors (Lipinski definition) is 3. The molecule has 1 heterocycles. The van der Waals surface area contributed by atoms with E-state index in [0.717, 1.165) is 11.9 Å². The molecule has 3 nitrogen and oxygen atoms in total. The Morgan fingerprint density at radius 2 is 1.82 bits per heavy atom. The normalized spacial score (nSPS) is 27.4. The van der Waals surface area contributed by atoms with E-state index in [1.165, 1.54) is 0 Å². The van der Waals surface area contributed by atoms with Crippen LogP contribution in [0.3, 0.4) is 0 Å². The number of rotatable bonds is 2. The minimum Gasteiger partial charge on any atom is -0.399 e. The highest BCUT2D eigenvalue weighted by Crippen LogP contribution is 2.39. The molecule has 0 radical (unpaired) electrons. The summed E-state index contributed by atoms with van der Waals surface area (Å²) < 4.78 is 12.1. The Kier molecular flexibility index (Phi) is 2.96. The van der Waals surface area contributed by atoms with E-state index in [1.54, 1.807) is 0 Å². The molecular formula is C13H20BNO2. The van der Waals surface area contributed by atoms with Crippen molar-refractivity contribution in [2.75, 3.05) is 5.73 Å². The molecule has 17 heavy (non-hydrogen) atoms. The van der Waals surface area contributed by atoms with E-state index in [4.69, 9.17) is 15.0 Å². The summed E-state index contributed by atoms with van der Waals surface area (Å²) in [6, 6.07) is 7.69. The predicted molar refractivity (Wildman–Crippen MR) is 71.2 cm³/mol. The minimum absolute atomic E-state index is 0.278. The monoisotopic (exact) mass is 233 g/mol. The first-order valence-electron chi connectivity index (χ1n) is 6.10. The SMILES string of the molecule is CCC1(C)OB(c2ccccc2N)OC1(C)C. The number of benzene rings is 1. The van der Waals surface area contributed by atoms with Gasteiger partial charge in [-0.25, -0.2) is 0 Å². The Hall–Kier alpha value is -0.995. The van der Waals surface area contributed by atoms with Crippen LogP contribution >= 0.6 is 0 Å². The van der Waals surface area contributed by atoms with Gasteiger partial charge < -0.3 is 15.0 Å². The number of nitrogen functional groups attached to an aromatic ring is 1. The highest BCUT2D eigenvalue weighted by Gasteiger charge is 2.53. The number of nitrogens with two attached hydrogens (primary N) is 1. The van der Waals surface area contributed by atoms with Crippen LogP contribution in [0.25, 0.3) is 0 Å². The molecule has 4 heteroatoms. The lowest BCUT2D eigenvalue weighted by atomic mass is 9.78. The maximum atomic E-state index is 6.08. The van der Waals surface area contributed by atoms with Gasteiger partial charge in [-0.2, -0.15) is 0 Å². The first kappa shape index (κ1) is 12.5. The van der Waals surface area contributed by atoms with Crippen molar-refractivity contribution in [2.45, 2.75) is 45.3 Å². The van der Waals surface area contributed by atoms with Gasteiger partial charge in [-0.15, -0.1) is 0 Å². The molecule has 1 saturated heterocycles. The van der Waals surface area contributed by atoms with Crippen LogP contribution in [0.2, 0.25) is 0 Å². The topological polar surface area (TPSA) is 44.5 Å². The molecule has 0 amide bonds. The van der Waals surface area contributed by atoms with Gasteiger partial charge in [-0.05, 0) is 33.3 Å². The molecule has 1 aliphatic rings. The average Bonchev–Trinajstić information content (AvgIpc) is 2.51. The third kappa shape index (κ3) is 1.96. The lowest BCUT2D eigenvalue weighted by Crippen LogP contribution is -2.44. The summed E-state index contributed by atoms with van der Waals surface area (Å²) in [6.07, 6.45) is 0.906. The number of hydrogen-bond donors (Lipinski definition) is 1. The van der Waals surface area contributed by atoms with Gasteiger partial charge in [0.1, 0.15) is 0 Å². The summed E-state index contributed by atoms with van der Waals surface area (Å²) in [4.78, 5) is 0. The maximum Gasteiger partial charge on any atom is 0.496 e. The Morgan fingerprint density at radius 3 is 2.35 bits per heavy atom. The molecule has 0 aromatic heterocycles. The second kappa shape index (κ2) is 4.04. The molecule has 1 aliphatic heterocycles. The van der Waals surface area contributed by atoms with Gasteiger partial charge >= 0.3 is 7.12 Å². The molecule has 1 aromatic carbocycles. The Bertz CT molecular complexity index is 422. The molecule has 0 aliphatic carbocycles. The summed E-state index contributed by atoms with van der Waals surface area (Å²) in [7, 11) is -0.365. The predicted octanol–water partition coefficient (Wildman–Crippen LogP) is 1.96. The quantitative estimate of drug-likeness (QED) is 0.627. The third-order valence-corrected chi connectivity index (χ3v) is 3.97. The summed E-state index contributed by atoms with van der Waals surface area (Å²) in [5.74, 6) is 0. The second-order valence-corrected chi connectivity index (χ2v) is 5.29. The fraction of sp³-hybridized carbons (Fsp3) is 0.538. The summed E-state index contributed by atoms with van der Waals surface area (Å²) in [5.41, 5.74) is 7.00. The van der Waals surface area contributed by atoms with Crippen molar-refractivity contribution in [3.05, 3.63) is 24.3 Å². The van der Waals surface area contributed by atoms with Crippen molar-refractivity contribution in [2.24, 2.45) is 0 Å². The van der Waals surface area contributed by atoms with Gasteiger partial charge in [0.15, 0.2) is 0 Å². The molecule has 1 atom stereocenters. The largest absolute Gasteiger partial charge is 0.496 e. The third-order valence-electron chi connectivity index (χ3n) is 3.97. The van der Waals surface area contributed by atoms with Crippen LogP contribution in [-0.2, 0) is 9.31 Å². The molecular weight excluding hydrogens is 213 g/mol. The number of anilines is 1. The zero-order valence-electron chi connectivity index (χ0n) is 11.0. The van der Waals surface area contributed by atoms with Crippen molar-refractivity contribution >= 4 is 18.3 Å². The van der Waals surface area contributed by atoms with Crippen molar-refractivity contribution in [1.29, 1.82) is 0 Å². The van der Waals surface area contributed by atoms with Crippen LogP contribution < -0.4 is 11.2 Å². The van der Waals surface area contributed by atoms with Crippen molar-refractivity contribution in [3.8, 4) is 0 Å². The molecule has 0 bridgehead atoms. The van der Waals surface area contributed by atoms with Crippen LogP contribution in [0.5, 0.6) is 0 Å². The molecule has 2 rings (SSSR count). The fourth-order valence-electron chi connectivity index (χ4n) is 2.16. The summed E-state index contributed by atoms with van der Waals surface area (Å²) in [6.45, 7) is 8.33. The molecule has 0 spiro atoms. The molecule has 2 N–H and O–H groups in total. The van der Waals surface area contributed by atoms with Gasteiger partial charge in [0.2, 0.25) is 0 Å². The maximum absolute atomic E-state index is 6.08. The molecule has 1 fully saturated rings. The first-order valence-corrected chi connectivity index (χ1v) is 6.10. The zero-order chi connectivity index (χ0) is 12.7. The molecule has 0 saturated carbocycles. The van der Waals surface area contributed by atoms with Crippen LogP contribution in [0, 0.1) is 0 Å². The van der Waals surface area contributed by atoms with Crippen molar-refractivity contribution < 1.29 is 9.31 Å². The Labute approximate surface area is 103 Å². The summed E-state index contributed by atoms with van der Waals surface area (Å²) >= 11 is 0. The van der Waals surface area contributed by atoms with E-state index in [2.05, 4.69) is 27.7 Å². The summed E-state index contributed by atoms with van der Waals surface area (Å²) in [5, 5.41) is 0. The van der Waals surface area contributed by atoms with E-state index >= 15 is 0 Å². The van der Waals surface area contributed by atoms with Crippen molar-refractivity contribution in [3.63, 3.8) is 0 Å². The van der Waals surface area contributed by atoms with Gasteiger partial charge in [-0.1, -0.05) is 25.1 Å². The highest BCUT2D eigenvalue weighted by molar-refractivity contribution is 6.63. The molecule has 1 aromatic rings. The first-order chi connectivity index (χ1) is 7.89. The average molecular weight is 233 g/mol. The number of para-hydroxylation sites is 1. The van der Waals surface area contributed by atoms with Gasteiger partial charge in [0.25, 0.3) is 0 Å². The lowest BCUT2D eigenvalue weighted by molar-refractivity contribution is -0.0118. The lowest BCUT2D eigenvalue weighted by Gasteiger charge is -2.35. The van der Waals surface area contributed by atoms with Crippen LogP contribution in [-0.4, -0.2) is 18.3 Å². The van der Waals surface area contributed by atoms with Gasteiger partial charge in [0, 0.05) is 11.2 Å². The van der Waals surface area contributed by atoms with Gasteiger partial charge in [0.05, 0.1) is 11.2 Å². The minimum atomic E-state index is -0.365. The van der Waals surface area contributed by atoms with Crippen molar-refractivity contribution in [1.82, 2.24) is 0 Å². The smallest absolute Gasteiger partial charge is 0.399 e. The van der Waals surface area contributed by atoms with E-state index in [1.807, 2.05) is 24.3 Å². The Balaban J connectivity index is 2.31. The van der Waals surface area contributed by atoms with Crippen LogP contribution in [0.1, 0.15) is 34.1 Å². The molecule has 92 valence electrons.